The zero-order valence-corrected chi connectivity index (χ0v) is 16.2. The summed E-state index contributed by atoms with van der Waals surface area (Å²) in [6.07, 6.45) is 1.46. The van der Waals surface area contributed by atoms with E-state index in [0.29, 0.717) is 6.42 Å². The van der Waals surface area contributed by atoms with E-state index in [1.165, 1.54) is 10.6 Å². The van der Waals surface area contributed by atoms with E-state index in [2.05, 4.69) is 4.98 Å². The van der Waals surface area contributed by atoms with Crippen LogP contribution in [0.3, 0.4) is 0 Å². The predicted molar refractivity (Wildman–Crippen MR) is 106 cm³/mol. The molecule has 1 aromatic carbocycles. The molecule has 0 aliphatic heterocycles. The molecule has 0 unspecified atom stereocenters. The summed E-state index contributed by atoms with van der Waals surface area (Å²) in [4.78, 5) is 50.9. The first kappa shape index (κ1) is 21.2. The summed E-state index contributed by atoms with van der Waals surface area (Å²) in [7, 11) is 0. The van der Waals surface area contributed by atoms with Gasteiger partial charge in [0.1, 0.15) is 5.82 Å². The fraction of sp³-hybridized carbons (Fsp3) is 0.353. The first-order chi connectivity index (χ1) is 13.2. The van der Waals surface area contributed by atoms with Gasteiger partial charge in [0, 0.05) is 25.2 Å². The van der Waals surface area contributed by atoms with Crippen LogP contribution in [0.1, 0.15) is 37.0 Å². The van der Waals surface area contributed by atoms with Crippen LogP contribution in [-0.4, -0.2) is 26.9 Å². The van der Waals surface area contributed by atoms with E-state index in [4.69, 9.17) is 17.3 Å². The number of amides is 1. The average molecular weight is 410 g/mol. The van der Waals surface area contributed by atoms with E-state index in [9.17, 15) is 24.5 Å². The molecular formula is C17H20ClN5O5. The topological polar surface area (TPSA) is 144 Å². The Morgan fingerprint density at radius 2 is 2.04 bits per heavy atom. The van der Waals surface area contributed by atoms with Crippen molar-refractivity contribution in [1.82, 2.24) is 9.55 Å². The lowest BCUT2D eigenvalue weighted by Crippen LogP contribution is -2.41. The third-order valence-electron chi connectivity index (χ3n) is 4.17. The normalized spacial score (nSPS) is 10.7. The second kappa shape index (κ2) is 8.70. The van der Waals surface area contributed by atoms with Crippen LogP contribution in [0, 0.1) is 10.1 Å². The van der Waals surface area contributed by atoms with E-state index in [0.717, 1.165) is 23.5 Å². The number of aromatic nitrogens is 2. The molecule has 1 heterocycles. The minimum absolute atomic E-state index is 0.0285. The van der Waals surface area contributed by atoms with Crippen LogP contribution < -0.4 is 21.9 Å². The molecule has 11 heteroatoms. The van der Waals surface area contributed by atoms with Crippen molar-refractivity contribution in [1.29, 1.82) is 0 Å². The predicted octanol–water partition coefficient (Wildman–Crippen LogP) is 2.15. The summed E-state index contributed by atoms with van der Waals surface area (Å²) in [6.45, 7) is 3.91. The smallest absolute Gasteiger partial charge is 0.330 e. The highest BCUT2D eigenvalue weighted by Gasteiger charge is 2.26. The molecule has 0 aliphatic carbocycles. The lowest BCUT2D eigenvalue weighted by Gasteiger charge is -2.23. The van der Waals surface area contributed by atoms with Crippen LogP contribution in [-0.2, 0) is 6.54 Å². The monoisotopic (exact) mass is 409 g/mol. The van der Waals surface area contributed by atoms with E-state index >= 15 is 0 Å². The molecule has 1 aromatic heterocycles. The number of nitro benzene ring substituents is 1. The van der Waals surface area contributed by atoms with Crippen LogP contribution in [0.5, 0.6) is 0 Å². The highest BCUT2D eigenvalue weighted by molar-refractivity contribution is 6.34. The van der Waals surface area contributed by atoms with Gasteiger partial charge in [0.15, 0.2) is 5.69 Å². The van der Waals surface area contributed by atoms with Crippen molar-refractivity contribution in [3.8, 4) is 0 Å². The van der Waals surface area contributed by atoms with E-state index in [-0.39, 0.29) is 40.9 Å². The molecule has 0 saturated heterocycles. The average Bonchev–Trinajstić information content (AvgIpc) is 2.64. The second-order valence-corrected chi connectivity index (χ2v) is 6.38. The van der Waals surface area contributed by atoms with Gasteiger partial charge >= 0.3 is 5.69 Å². The largest absolute Gasteiger partial charge is 0.383 e. The molecule has 0 spiro atoms. The maximum Gasteiger partial charge on any atom is 0.330 e. The minimum Gasteiger partial charge on any atom is -0.383 e. The number of hydrogen-bond acceptors (Lipinski definition) is 6. The number of carbonyl (C=O) groups excluding carboxylic acids is 1. The number of aromatic amines is 1. The van der Waals surface area contributed by atoms with Crippen molar-refractivity contribution < 1.29 is 9.72 Å². The number of benzene rings is 1. The van der Waals surface area contributed by atoms with Crippen LogP contribution in [0.4, 0.5) is 17.2 Å². The molecule has 2 aromatic rings. The van der Waals surface area contributed by atoms with Crippen LogP contribution in [0.2, 0.25) is 5.02 Å². The van der Waals surface area contributed by atoms with Crippen molar-refractivity contribution in [3.63, 3.8) is 0 Å². The molecule has 0 fully saturated rings. The molecule has 0 saturated carbocycles. The number of nitrogens with one attached hydrogen (secondary N) is 1. The van der Waals surface area contributed by atoms with Gasteiger partial charge < -0.3 is 10.6 Å². The summed E-state index contributed by atoms with van der Waals surface area (Å²) in [5.41, 5.74) is 4.12. The molecule has 28 heavy (non-hydrogen) atoms. The molecule has 0 aliphatic rings. The molecule has 3 N–H and O–H groups in total. The number of nitrogens with zero attached hydrogens (tertiary/aromatic N) is 3. The van der Waals surface area contributed by atoms with Gasteiger partial charge in [-0.1, -0.05) is 24.9 Å². The lowest BCUT2D eigenvalue weighted by molar-refractivity contribution is -0.384. The van der Waals surface area contributed by atoms with E-state index < -0.39 is 22.1 Å². The quantitative estimate of drug-likeness (QED) is 0.529. The Morgan fingerprint density at radius 3 is 2.57 bits per heavy atom. The summed E-state index contributed by atoms with van der Waals surface area (Å²) in [5, 5.41) is 10.7. The molecule has 1 amide bonds. The van der Waals surface area contributed by atoms with Gasteiger partial charge in [0.25, 0.3) is 17.2 Å². The van der Waals surface area contributed by atoms with E-state index in [1.807, 2.05) is 6.92 Å². The molecule has 10 nitrogen and oxygen atoms in total. The molecule has 0 atom stereocenters. The minimum atomic E-state index is -0.802. The van der Waals surface area contributed by atoms with Crippen molar-refractivity contribution in [2.45, 2.75) is 33.2 Å². The van der Waals surface area contributed by atoms with Gasteiger partial charge in [-0.25, -0.2) is 4.79 Å². The van der Waals surface area contributed by atoms with E-state index in [1.54, 1.807) is 6.92 Å². The second-order valence-electron chi connectivity index (χ2n) is 5.97. The molecule has 0 bridgehead atoms. The summed E-state index contributed by atoms with van der Waals surface area (Å²) in [5.74, 6) is -0.796. The number of hydrogen-bond donors (Lipinski definition) is 2. The lowest BCUT2D eigenvalue weighted by atomic mass is 10.1. The number of non-ortho nitro benzene ring substituents is 1. The fourth-order valence-electron chi connectivity index (χ4n) is 2.72. The number of anilines is 2. The van der Waals surface area contributed by atoms with Crippen molar-refractivity contribution in [2.75, 3.05) is 17.2 Å². The zero-order valence-electron chi connectivity index (χ0n) is 15.4. The van der Waals surface area contributed by atoms with Gasteiger partial charge in [0.05, 0.1) is 15.5 Å². The standard InChI is InChI=1S/C17H20ClN5O5/c1-3-5-8-22-14(19)13(15(24)20-17(22)26)21(4-2)16(25)11-7-6-10(23(27)28)9-12(11)18/h6-7,9H,3-5,8,19H2,1-2H3,(H,20,24,26). The number of nitrogens with two attached hydrogens (primary N) is 1. The van der Waals surface area contributed by atoms with Crippen molar-refractivity contribution >= 4 is 34.7 Å². The summed E-state index contributed by atoms with van der Waals surface area (Å²) < 4.78 is 1.20. The first-order valence-corrected chi connectivity index (χ1v) is 8.99. The van der Waals surface area contributed by atoms with Crippen LogP contribution in [0.25, 0.3) is 0 Å². The van der Waals surface area contributed by atoms with Gasteiger partial charge in [-0.15, -0.1) is 0 Å². The number of nitro groups is 1. The number of H-pyrrole nitrogens is 1. The van der Waals surface area contributed by atoms with Gasteiger partial charge in [-0.05, 0) is 19.4 Å². The Hall–Kier alpha value is -3.14. The Labute approximate surface area is 164 Å². The third-order valence-corrected chi connectivity index (χ3v) is 4.49. The number of carbonyl (C=O) groups is 1. The highest BCUT2D eigenvalue weighted by Crippen LogP contribution is 2.26. The summed E-state index contributed by atoms with van der Waals surface area (Å²) >= 11 is 6.04. The number of rotatable bonds is 7. The zero-order chi connectivity index (χ0) is 21.0. The van der Waals surface area contributed by atoms with Crippen molar-refractivity contribution in [2.24, 2.45) is 0 Å². The number of unbranched alkanes of at least 4 members (excludes halogenated alkanes) is 1. The molecule has 0 radical (unpaired) electrons. The Bertz CT molecular complexity index is 1030. The highest BCUT2D eigenvalue weighted by atomic mass is 35.5. The maximum absolute atomic E-state index is 13.0. The number of nitrogen functional groups attached to an aromatic ring is 1. The molecule has 2 rings (SSSR count). The van der Waals surface area contributed by atoms with Crippen LogP contribution >= 0.6 is 11.6 Å². The molecular weight excluding hydrogens is 390 g/mol. The Balaban J connectivity index is 2.56. The SMILES string of the molecule is CCCCn1c(N)c(N(CC)C(=O)c2ccc([N+](=O)[O-])cc2Cl)c(=O)[nH]c1=O. The van der Waals surface area contributed by atoms with Crippen molar-refractivity contribution in [3.05, 3.63) is 59.7 Å². The van der Waals surface area contributed by atoms with Gasteiger partial charge in [0.2, 0.25) is 0 Å². The summed E-state index contributed by atoms with van der Waals surface area (Å²) in [6, 6.07) is 3.41. The third kappa shape index (κ3) is 4.06. The van der Waals surface area contributed by atoms with Gasteiger partial charge in [-0.3, -0.25) is 29.3 Å². The maximum atomic E-state index is 13.0. The number of halogens is 1. The molecule has 150 valence electrons. The Morgan fingerprint density at radius 1 is 1.36 bits per heavy atom. The van der Waals surface area contributed by atoms with Crippen LogP contribution in [0.15, 0.2) is 27.8 Å². The fourth-order valence-corrected chi connectivity index (χ4v) is 2.97. The Kier molecular flexibility index (Phi) is 6.57. The first-order valence-electron chi connectivity index (χ1n) is 8.61. The van der Waals surface area contributed by atoms with Gasteiger partial charge in [-0.2, -0.15) is 0 Å².